The molecule has 0 aliphatic heterocycles. The number of anilines is 3. The van der Waals surface area contributed by atoms with Gasteiger partial charge in [-0.1, -0.05) is 12.1 Å². The van der Waals surface area contributed by atoms with E-state index in [4.69, 9.17) is 10.6 Å². The number of hydrogen-bond donors (Lipinski definition) is 3. The molecule has 0 amide bonds. The monoisotopic (exact) mass is 274 g/mol. The van der Waals surface area contributed by atoms with Crippen LogP contribution in [-0.4, -0.2) is 12.0 Å². The zero-order valence-electron chi connectivity index (χ0n) is 10.8. The van der Waals surface area contributed by atoms with Crippen LogP contribution >= 0.6 is 0 Å². The van der Waals surface area contributed by atoms with E-state index in [9.17, 15) is 10.1 Å². The number of methoxy groups -OCH3 is 1. The normalized spacial score (nSPS) is 9.90. The topological polar surface area (TPSA) is 102 Å². The van der Waals surface area contributed by atoms with E-state index in [-0.39, 0.29) is 11.4 Å². The van der Waals surface area contributed by atoms with Crippen LogP contribution in [0, 0.1) is 10.1 Å². The molecular formula is C13H14N4O3. The van der Waals surface area contributed by atoms with Gasteiger partial charge in [-0.25, -0.2) is 0 Å². The fourth-order valence-electron chi connectivity index (χ4n) is 1.81. The van der Waals surface area contributed by atoms with Gasteiger partial charge in [-0.05, 0) is 24.3 Å². The molecule has 20 heavy (non-hydrogen) atoms. The van der Waals surface area contributed by atoms with Gasteiger partial charge in [0.2, 0.25) is 0 Å². The van der Waals surface area contributed by atoms with Gasteiger partial charge in [-0.15, -0.1) is 0 Å². The number of hydrogen-bond acceptors (Lipinski definition) is 6. The van der Waals surface area contributed by atoms with Gasteiger partial charge in [0.1, 0.15) is 17.1 Å². The molecule has 0 aliphatic carbocycles. The highest BCUT2D eigenvalue weighted by molar-refractivity contribution is 5.79. The Labute approximate surface area is 115 Å². The van der Waals surface area contributed by atoms with Crippen LogP contribution in [0.4, 0.5) is 22.7 Å². The smallest absolute Gasteiger partial charge is 0.316 e. The third-order valence-corrected chi connectivity index (χ3v) is 2.72. The van der Waals surface area contributed by atoms with E-state index in [0.717, 1.165) is 0 Å². The Hall–Kier alpha value is -2.80. The van der Waals surface area contributed by atoms with E-state index < -0.39 is 4.92 Å². The number of ether oxygens (including phenoxy) is 1. The van der Waals surface area contributed by atoms with Crippen LogP contribution in [0.15, 0.2) is 42.5 Å². The second kappa shape index (κ2) is 5.89. The van der Waals surface area contributed by atoms with Crippen LogP contribution in [-0.2, 0) is 0 Å². The SMILES string of the molecule is COc1cccc(Nc2cccc(NN)c2[N+](=O)[O-])c1. The van der Waals surface area contributed by atoms with Crippen molar-refractivity contribution in [2.24, 2.45) is 5.84 Å². The molecule has 4 N–H and O–H groups in total. The molecule has 0 heterocycles. The lowest BCUT2D eigenvalue weighted by molar-refractivity contribution is -0.383. The summed E-state index contributed by atoms with van der Waals surface area (Å²) in [6.45, 7) is 0. The van der Waals surface area contributed by atoms with Crippen LogP contribution in [0.3, 0.4) is 0 Å². The van der Waals surface area contributed by atoms with E-state index in [1.165, 1.54) is 6.07 Å². The van der Waals surface area contributed by atoms with E-state index >= 15 is 0 Å². The molecule has 7 heteroatoms. The van der Waals surface area contributed by atoms with Crippen molar-refractivity contribution >= 4 is 22.7 Å². The summed E-state index contributed by atoms with van der Waals surface area (Å²) in [5, 5.41) is 14.1. The number of benzene rings is 2. The molecule has 0 aliphatic rings. The Balaban J connectivity index is 2.40. The number of nitro groups is 1. The van der Waals surface area contributed by atoms with Gasteiger partial charge in [-0.3, -0.25) is 16.0 Å². The summed E-state index contributed by atoms with van der Waals surface area (Å²) >= 11 is 0. The van der Waals surface area contributed by atoms with Crippen molar-refractivity contribution in [3.63, 3.8) is 0 Å². The number of hydrazine groups is 1. The van der Waals surface area contributed by atoms with E-state index in [0.29, 0.717) is 17.1 Å². The maximum Gasteiger partial charge on any atom is 0.316 e. The molecule has 0 atom stereocenters. The first-order chi connectivity index (χ1) is 9.65. The molecule has 2 aromatic carbocycles. The second-order valence-corrected chi connectivity index (χ2v) is 3.96. The maximum atomic E-state index is 11.2. The summed E-state index contributed by atoms with van der Waals surface area (Å²) < 4.78 is 5.11. The molecule has 0 saturated heterocycles. The third-order valence-electron chi connectivity index (χ3n) is 2.72. The summed E-state index contributed by atoms with van der Waals surface area (Å²) in [4.78, 5) is 10.7. The van der Waals surface area contributed by atoms with Gasteiger partial charge in [-0.2, -0.15) is 0 Å². The number of nitrogens with one attached hydrogen (secondary N) is 2. The zero-order chi connectivity index (χ0) is 14.5. The van der Waals surface area contributed by atoms with Crippen LogP contribution in [0.2, 0.25) is 0 Å². The number of nitrogens with two attached hydrogens (primary N) is 1. The fraction of sp³-hybridized carbons (Fsp3) is 0.0769. The summed E-state index contributed by atoms with van der Waals surface area (Å²) in [7, 11) is 1.56. The number of nitro benzene ring substituents is 1. The highest BCUT2D eigenvalue weighted by Crippen LogP contribution is 2.34. The third kappa shape index (κ3) is 2.78. The van der Waals surface area contributed by atoms with Crippen molar-refractivity contribution < 1.29 is 9.66 Å². The quantitative estimate of drug-likeness (QED) is 0.440. The van der Waals surface area contributed by atoms with Crippen molar-refractivity contribution in [1.29, 1.82) is 0 Å². The van der Waals surface area contributed by atoms with Crippen LogP contribution in [0.1, 0.15) is 0 Å². The predicted molar refractivity (Wildman–Crippen MR) is 77.2 cm³/mol. The fourth-order valence-corrected chi connectivity index (χ4v) is 1.81. The summed E-state index contributed by atoms with van der Waals surface area (Å²) in [6.07, 6.45) is 0. The Bertz CT molecular complexity index is 631. The molecule has 0 bridgehead atoms. The Kier molecular flexibility index (Phi) is 4.02. The lowest BCUT2D eigenvalue weighted by atomic mass is 10.2. The van der Waals surface area contributed by atoms with E-state index in [1.807, 2.05) is 0 Å². The number of para-hydroxylation sites is 1. The molecule has 0 spiro atoms. The van der Waals surface area contributed by atoms with Gasteiger partial charge in [0.15, 0.2) is 0 Å². The average molecular weight is 274 g/mol. The maximum absolute atomic E-state index is 11.2. The Morgan fingerprint density at radius 2 is 1.90 bits per heavy atom. The molecule has 0 unspecified atom stereocenters. The van der Waals surface area contributed by atoms with Crippen molar-refractivity contribution in [3.05, 3.63) is 52.6 Å². The van der Waals surface area contributed by atoms with E-state index in [1.54, 1.807) is 43.5 Å². The molecule has 2 rings (SSSR count). The number of nitrogen functional groups attached to an aromatic ring is 1. The van der Waals surface area contributed by atoms with Gasteiger partial charge in [0, 0.05) is 11.8 Å². The largest absolute Gasteiger partial charge is 0.497 e. The van der Waals surface area contributed by atoms with Crippen LogP contribution in [0.5, 0.6) is 5.75 Å². The molecule has 0 aromatic heterocycles. The molecule has 0 fully saturated rings. The van der Waals surface area contributed by atoms with E-state index in [2.05, 4.69) is 10.7 Å². The minimum Gasteiger partial charge on any atom is -0.497 e. The average Bonchev–Trinajstić information content (AvgIpc) is 2.46. The minimum atomic E-state index is -0.488. The first-order valence-corrected chi connectivity index (χ1v) is 5.81. The summed E-state index contributed by atoms with van der Waals surface area (Å²) in [5.74, 6) is 5.95. The highest BCUT2D eigenvalue weighted by Gasteiger charge is 2.19. The van der Waals surface area contributed by atoms with Crippen molar-refractivity contribution in [3.8, 4) is 5.75 Å². The van der Waals surface area contributed by atoms with Crippen LogP contribution < -0.4 is 21.3 Å². The van der Waals surface area contributed by atoms with Gasteiger partial charge in [0.25, 0.3) is 0 Å². The standard InChI is InChI=1S/C13H14N4O3/c1-20-10-5-2-4-9(8-10)15-11-6-3-7-12(16-14)13(11)17(18)19/h2-8,15-16H,14H2,1H3. The molecule has 7 nitrogen and oxygen atoms in total. The molecule has 0 saturated carbocycles. The second-order valence-electron chi connectivity index (χ2n) is 3.96. The van der Waals surface area contributed by atoms with Gasteiger partial charge >= 0.3 is 5.69 Å². The minimum absolute atomic E-state index is 0.113. The van der Waals surface area contributed by atoms with Crippen molar-refractivity contribution in [2.45, 2.75) is 0 Å². The van der Waals surface area contributed by atoms with Crippen LogP contribution in [0.25, 0.3) is 0 Å². The van der Waals surface area contributed by atoms with Gasteiger partial charge < -0.3 is 15.5 Å². The first kappa shape index (κ1) is 13.6. The first-order valence-electron chi connectivity index (χ1n) is 5.81. The highest BCUT2D eigenvalue weighted by atomic mass is 16.6. The molecule has 2 aromatic rings. The molecule has 0 radical (unpaired) electrons. The molecular weight excluding hydrogens is 260 g/mol. The predicted octanol–water partition coefficient (Wildman–Crippen LogP) is 2.63. The lowest BCUT2D eigenvalue weighted by Crippen LogP contribution is -2.10. The Morgan fingerprint density at radius 1 is 1.20 bits per heavy atom. The van der Waals surface area contributed by atoms with Crippen molar-refractivity contribution in [1.82, 2.24) is 0 Å². The number of rotatable bonds is 5. The number of nitrogens with zero attached hydrogens (tertiary/aromatic N) is 1. The summed E-state index contributed by atoms with van der Waals surface area (Å²) in [5.41, 5.74) is 3.47. The Morgan fingerprint density at radius 3 is 2.55 bits per heavy atom. The molecule has 104 valence electrons. The summed E-state index contributed by atoms with van der Waals surface area (Å²) in [6, 6.07) is 11.9. The van der Waals surface area contributed by atoms with Crippen molar-refractivity contribution in [2.75, 3.05) is 17.9 Å². The zero-order valence-corrected chi connectivity index (χ0v) is 10.8. The lowest BCUT2D eigenvalue weighted by Gasteiger charge is -2.10. The van der Waals surface area contributed by atoms with Gasteiger partial charge in [0.05, 0.1) is 12.0 Å².